The molecule has 2 rings (SSSR count). The van der Waals surface area contributed by atoms with Crippen LogP contribution in [-0.4, -0.2) is 36.5 Å². The van der Waals surface area contributed by atoms with E-state index in [1.165, 1.54) is 25.7 Å². The van der Waals surface area contributed by atoms with E-state index in [2.05, 4.69) is 10.2 Å². The Morgan fingerprint density at radius 3 is 2.50 bits per heavy atom. The van der Waals surface area contributed by atoms with Crippen LogP contribution < -0.4 is 5.32 Å². The highest BCUT2D eigenvalue weighted by Gasteiger charge is 2.31. The molecule has 0 bridgehead atoms. The van der Waals surface area contributed by atoms with Crippen molar-refractivity contribution in [2.24, 2.45) is 11.3 Å². The van der Waals surface area contributed by atoms with E-state index in [1.807, 2.05) is 20.8 Å². The Morgan fingerprint density at radius 2 is 1.94 bits per heavy atom. The van der Waals surface area contributed by atoms with Crippen molar-refractivity contribution >= 4 is 5.91 Å². The Hall–Kier alpha value is -0.570. The molecule has 1 heterocycles. The SMILES string of the molecule is CC(C)(C)C(=O)N1CCCC(NCC2CCC2)C1. The minimum Gasteiger partial charge on any atom is -0.341 e. The van der Waals surface area contributed by atoms with Crippen molar-refractivity contribution in [3.05, 3.63) is 0 Å². The number of amides is 1. The molecule has 1 amide bonds. The number of hydrogen-bond acceptors (Lipinski definition) is 2. The van der Waals surface area contributed by atoms with Crippen LogP contribution in [0.25, 0.3) is 0 Å². The zero-order valence-electron chi connectivity index (χ0n) is 12.2. The number of hydrogen-bond donors (Lipinski definition) is 1. The van der Waals surface area contributed by atoms with Gasteiger partial charge in [-0.05, 0) is 38.1 Å². The topological polar surface area (TPSA) is 32.3 Å². The molecule has 3 heteroatoms. The van der Waals surface area contributed by atoms with Gasteiger partial charge in [0.1, 0.15) is 0 Å². The van der Waals surface area contributed by atoms with Crippen LogP contribution in [0, 0.1) is 11.3 Å². The first-order chi connectivity index (χ1) is 8.47. The van der Waals surface area contributed by atoms with Crippen molar-refractivity contribution in [1.29, 1.82) is 0 Å². The first kappa shape index (κ1) is 13.9. The molecule has 104 valence electrons. The van der Waals surface area contributed by atoms with Crippen molar-refractivity contribution < 1.29 is 4.79 Å². The van der Waals surface area contributed by atoms with E-state index in [0.717, 1.165) is 32.0 Å². The summed E-state index contributed by atoms with van der Waals surface area (Å²) in [6.07, 6.45) is 6.56. The average Bonchev–Trinajstić information content (AvgIpc) is 2.25. The van der Waals surface area contributed by atoms with E-state index < -0.39 is 0 Å². The number of likely N-dealkylation sites (tertiary alicyclic amines) is 1. The number of nitrogens with one attached hydrogen (secondary N) is 1. The molecule has 3 nitrogen and oxygen atoms in total. The van der Waals surface area contributed by atoms with Gasteiger partial charge in [0.15, 0.2) is 0 Å². The van der Waals surface area contributed by atoms with Crippen LogP contribution >= 0.6 is 0 Å². The maximum absolute atomic E-state index is 12.3. The summed E-state index contributed by atoms with van der Waals surface area (Å²) in [4.78, 5) is 14.3. The average molecular weight is 252 g/mol. The Labute approximate surface area is 111 Å². The quantitative estimate of drug-likeness (QED) is 0.836. The second-order valence-corrected chi connectivity index (χ2v) is 7.05. The molecule has 1 aliphatic carbocycles. The summed E-state index contributed by atoms with van der Waals surface area (Å²) in [7, 11) is 0. The third-order valence-electron chi connectivity index (χ3n) is 4.27. The van der Waals surface area contributed by atoms with Crippen LogP contribution in [0.15, 0.2) is 0 Å². The lowest BCUT2D eigenvalue weighted by molar-refractivity contribution is -0.140. The summed E-state index contributed by atoms with van der Waals surface area (Å²) >= 11 is 0. The van der Waals surface area contributed by atoms with Gasteiger partial charge in [-0.25, -0.2) is 0 Å². The van der Waals surface area contributed by atoms with Gasteiger partial charge in [0.05, 0.1) is 0 Å². The second kappa shape index (κ2) is 5.60. The van der Waals surface area contributed by atoms with E-state index in [0.29, 0.717) is 11.9 Å². The molecule has 1 atom stereocenters. The molecule has 0 aromatic rings. The second-order valence-electron chi connectivity index (χ2n) is 7.05. The van der Waals surface area contributed by atoms with Crippen LogP contribution in [0.2, 0.25) is 0 Å². The molecule has 2 aliphatic rings. The summed E-state index contributed by atoms with van der Waals surface area (Å²) in [5, 5.41) is 3.67. The van der Waals surface area contributed by atoms with E-state index in [1.54, 1.807) is 0 Å². The molecule has 0 aromatic carbocycles. The lowest BCUT2D eigenvalue weighted by atomic mass is 9.85. The van der Waals surface area contributed by atoms with Gasteiger partial charge in [-0.1, -0.05) is 27.2 Å². The fraction of sp³-hybridized carbons (Fsp3) is 0.933. The fourth-order valence-electron chi connectivity index (χ4n) is 2.83. The molecule has 1 saturated carbocycles. The van der Waals surface area contributed by atoms with Gasteiger partial charge < -0.3 is 10.2 Å². The molecular weight excluding hydrogens is 224 g/mol. The molecule has 1 N–H and O–H groups in total. The first-order valence-electron chi connectivity index (χ1n) is 7.49. The van der Waals surface area contributed by atoms with Crippen LogP contribution in [0.4, 0.5) is 0 Å². The van der Waals surface area contributed by atoms with Crippen LogP contribution in [-0.2, 0) is 4.79 Å². The maximum Gasteiger partial charge on any atom is 0.227 e. The van der Waals surface area contributed by atoms with Gasteiger partial charge in [0.25, 0.3) is 0 Å². The summed E-state index contributed by atoms with van der Waals surface area (Å²) in [6, 6.07) is 0.519. The molecule has 0 aromatic heterocycles. The summed E-state index contributed by atoms with van der Waals surface area (Å²) in [5.74, 6) is 1.20. The van der Waals surface area contributed by atoms with Crippen molar-refractivity contribution in [1.82, 2.24) is 10.2 Å². The summed E-state index contributed by atoms with van der Waals surface area (Å²) < 4.78 is 0. The standard InChI is InChI=1S/C15H28N2O/c1-15(2,3)14(18)17-9-5-8-13(11-17)16-10-12-6-4-7-12/h12-13,16H,4-11H2,1-3H3. The number of piperidine rings is 1. The third-order valence-corrected chi connectivity index (χ3v) is 4.27. The van der Waals surface area contributed by atoms with Crippen molar-refractivity contribution in [2.45, 2.75) is 58.9 Å². The van der Waals surface area contributed by atoms with Crippen LogP contribution in [0.5, 0.6) is 0 Å². The number of carbonyl (C=O) groups is 1. The zero-order chi connectivity index (χ0) is 13.2. The zero-order valence-corrected chi connectivity index (χ0v) is 12.2. The van der Waals surface area contributed by atoms with Crippen LogP contribution in [0.1, 0.15) is 52.9 Å². The highest BCUT2D eigenvalue weighted by Crippen LogP contribution is 2.26. The molecule has 0 radical (unpaired) electrons. The van der Waals surface area contributed by atoms with Crippen molar-refractivity contribution in [2.75, 3.05) is 19.6 Å². The number of carbonyl (C=O) groups excluding carboxylic acids is 1. The minimum absolute atomic E-state index is 0.240. The van der Waals surface area contributed by atoms with Crippen molar-refractivity contribution in [3.63, 3.8) is 0 Å². The van der Waals surface area contributed by atoms with Gasteiger partial charge in [0, 0.05) is 24.5 Å². The normalized spacial score (nSPS) is 25.9. The third kappa shape index (κ3) is 3.47. The van der Waals surface area contributed by atoms with Gasteiger partial charge >= 0.3 is 0 Å². The van der Waals surface area contributed by atoms with Crippen molar-refractivity contribution in [3.8, 4) is 0 Å². The van der Waals surface area contributed by atoms with Gasteiger partial charge in [-0.15, -0.1) is 0 Å². The monoisotopic (exact) mass is 252 g/mol. The number of rotatable bonds is 3. The molecule has 1 aliphatic heterocycles. The van der Waals surface area contributed by atoms with E-state index in [9.17, 15) is 4.79 Å². The lowest BCUT2D eigenvalue weighted by Gasteiger charge is -2.38. The first-order valence-corrected chi connectivity index (χ1v) is 7.49. The summed E-state index contributed by atoms with van der Waals surface area (Å²) in [6.45, 7) is 9.05. The Morgan fingerprint density at radius 1 is 1.22 bits per heavy atom. The predicted molar refractivity (Wildman–Crippen MR) is 74.4 cm³/mol. The molecule has 1 saturated heterocycles. The van der Waals surface area contributed by atoms with Gasteiger partial charge in [-0.3, -0.25) is 4.79 Å². The highest BCUT2D eigenvalue weighted by atomic mass is 16.2. The summed E-state index contributed by atoms with van der Waals surface area (Å²) in [5.41, 5.74) is -0.240. The molecule has 2 fully saturated rings. The van der Waals surface area contributed by atoms with E-state index >= 15 is 0 Å². The molecular formula is C15H28N2O. The maximum atomic E-state index is 12.3. The van der Waals surface area contributed by atoms with Gasteiger partial charge in [0.2, 0.25) is 5.91 Å². The molecule has 18 heavy (non-hydrogen) atoms. The highest BCUT2D eigenvalue weighted by molar-refractivity contribution is 5.81. The van der Waals surface area contributed by atoms with Gasteiger partial charge in [-0.2, -0.15) is 0 Å². The predicted octanol–water partition coefficient (Wildman–Crippen LogP) is 2.41. The molecule has 1 unspecified atom stereocenters. The number of nitrogens with zero attached hydrogens (tertiary/aromatic N) is 1. The smallest absolute Gasteiger partial charge is 0.227 e. The van der Waals surface area contributed by atoms with E-state index in [4.69, 9.17) is 0 Å². The Bertz CT molecular complexity index is 291. The lowest BCUT2D eigenvalue weighted by Crippen LogP contribution is -2.51. The Balaban J connectivity index is 1.78. The van der Waals surface area contributed by atoms with Crippen LogP contribution in [0.3, 0.4) is 0 Å². The largest absolute Gasteiger partial charge is 0.341 e. The fourth-order valence-corrected chi connectivity index (χ4v) is 2.83. The Kier molecular flexibility index (Phi) is 4.31. The minimum atomic E-state index is -0.240. The molecule has 0 spiro atoms. The van der Waals surface area contributed by atoms with E-state index in [-0.39, 0.29) is 5.41 Å².